The zero-order valence-electron chi connectivity index (χ0n) is 8.52. The van der Waals surface area contributed by atoms with Gasteiger partial charge in [0.25, 0.3) is 0 Å². The third kappa shape index (κ3) is 1.28. The molecule has 0 aromatic carbocycles. The molecule has 0 amide bonds. The average Bonchev–Trinajstić information content (AvgIpc) is 2.63. The van der Waals surface area contributed by atoms with Crippen molar-refractivity contribution in [2.24, 2.45) is 4.99 Å². The molecule has 0 saturated heterocycles. The highest BCUT2D eigenvalue weighted by Crippen LogP contribution is 2.35. The van der Waals surface area contributed by atoms with Crippen molar-refractivity contribution in [1.29, 1.82) is 0 Å². The summed E-state index contributed by atoms with van der Waals surface area (Å²) in [7, 11) is 0. The Morgan fingerprint density at radius 1 is 1.15 bits per heavy atom. The Bertz CT molecular complexity index is 365. The third-order valence-electron chi connectivity index (χ3n) is 2.91. The second kappa shape index (κ2) is 2.99. The first kappa shape index (κ1) is 8.49. The lowest BCUT2D eigenvalue weighted by atomic mass is 9.99. The summed E-state index contributed by atoms with van der Waals surface area (Å²) in [5.41, 5.74) is 7.23. The van der Waals surface area contributed by atoms with Crippen molar-refractivity contribution >= 4 is 6.21 Å². The van der Waals surface area contributed by atoms with E-state index in [4.69, 9.17) is 0 Å². The van der Waals surface area contributed by atoms with E-state index < -0.39 is 0 Å². The van der Waals surface area contributed by atoms with E-state index in [0.717, 1.165) is 13.0 Å². The molecule has 0 bridgehead atoms. The molecule has 0 fully saturated rings. The molecule has 68 valence electrons. The molecular formula is C12H15N. The van der Waals surface area contributed by atoms with Crippen LogP contribution in [0.3, 0.4) is 0 Å². The molecule has 1 nitrogen and oxygen atoms in total. The Labute approximate surface area is 79.6 Å². The predicted molar refractivity (Wildman–Crippen MR) is 57.1 cm³/mol. The van der Waals surface area contributed by atoms with Gasteiger partial charge in [0.15, 0.2) is 0 Å². The maximum atomic E-state index is 4.23. The molecule has 1 heterocycles. The first-order valence-corrected chi connectivity index (χ1v) is 4.77. The molecule has 0 atom stereocenters. The molecule has 0 N–H and O–H groups in total. The number of hydrogen-bond donors (Lipinski definition) is 0. The molecule has 2 aliphatic rings. The fraction of sp³-hybridized carbons (Fsp3) is 0.417. The van der Waals surface area contributed by atoms with Gasteiger partial charge in [0.1, 0.15) is 0 Å². The lowest BCUT2D eigenvalue weighted by Gasteiger charge is -2.04. The molecule has 1 aliphatic heterocycles. The molecule has 0 saturated carbocycles. The summed E-state index contributed by atoms with van der Waals surface area (Å²) in [4.78, 5) is 4.23. The summed E-state index contributed by atoms with van der Waals surface area (Å²) in [6.45, 7) is 7.52. The van der Waals surface area contributed by atoms with Crippen LogP contribution in [0, 0.1) is 0 Å². The minimum absolute atomic E-state index is 0.860. The average molecular weight is 173 g/mol. The van der Waals surface area contributed by atoms with Crippen molar-refractivity contribution in [3.8, 4) is 0 Å². The predicted octanol–water partition coefficient (Wildman–Crippen LogP) is 3.05. The highest BCUT2D eigenvalue weighted by molar-refractivity contribution is 5.89. The van der Waals surface area contributed by atoms with Crippen LogP contribution in [-0.4, -0.2) is 12.8 Å². The Morgan fingerprint density at radius 3 is 2.38 bits per heavy atom. The molecule has 0 aromatic rings. The Morgan fingerprint density at radius 2 is 1.92 bits per heavy atom. The van der Waals surface area contributed by atoms with Crippen molar-refractivity contribution in [3.63, 3.8) is 0 Å². The highest BCUT2D eigenvalue weighted by Gasteiger charge is 2.18. The van der Waals surface area contributed by atoms with Crippen molar-refractivity contribution in [2.75, 3.05) is 6.54 Å². The maximum absolute atomic E-state index is 4.23. The molecule has 1 aliphatic carbocycles. The van der Waals surface area contributed by atoms with Gasteiger partial charge in [0.05, 0.1) is 6.54 Å². The van der Waals surface area contributed by atoms with E-state index in [9.17, 15) is 0 Å². The summed E-state index contributed by atoms with van der Waals surface area (Å²) in [5.74, 6) is 0. The normalized spacial score (nSPS) is 21.9. The van der Waals surface area contributed by atoms with Gasteiger partial charge in [-0.1, -0.05) is 17.2 Å². The van der Waals surface area contributed by atoms with Gasteiger partial charge in [0, 0.05) is 6.21 Å². The van der Waals surface area contributed by atoms with Gasteiger partial charge >= 0.3 is 0 Å². The Kier molecular flexibility index (Phi) is 1.95. The van der Waals surface area contributed by atoms with E-state index >= 15 is 0 Å². The van der Waals surface area contributed by atoms with Gasteiger partial charge in [-0.25, -0.2) is 0 Å². The lowest BCUT2D eigenvalue weighted by molar-refractivity contribution is 1.14. The molecule has 0 radical (unpaired) electrons. The SMILES string of the molecule is CC1=C(C)C(C2=CCN=C2)=C(C)C1. The van der Waals surface area contributed by atoms with E-state index in [1.165, 1.54) is 27.9 Å². The highest BCUT2D eigenvalue weighted by atomic mass is 14.7. The van der Waals surface area contributed by atoms with Crippen molar-refractivity contribution in [2.45, 2.75) is 27.2 Å². The number of nitrogens with zero attached hydrogens (tertiary/aromatic N) is 1. The second-order valence-corrected chi connectivity index (χ2v) is 3.89. The van der Waals surface area contributed by atoms with Gasteiger partial charge < -0.3 is 0 Å². The monoisotopic (exact) mass is 173 g/mol. The zero-order chi connectivity index (χ0) is 9.42. The van der Waals surface area contributed by atoms with Crippen molar-refractivity contribution in [1.82, 2.24) is 0 Å². The fourth-order valence-corrected chi connectivity index (χ4v) is 2.14. The zero-order valence-corrected chi connectivity index (χ0v) is 8.52. The quantitative estimate of drug-likeness (QED) is 0.578. The maximum Gasteiger partial charge on any atom is 0.0580 e. The van der Waals surface area contributed by atoms with E-state index in [0.29, 0.717) is 0 Å². The van der Waals surface area contributed by atoms with Crippen LogP contribution in [0.2, 0.25) is 0 Å². The van der Waals surface area contributed by atoms with Crippen LogP contribution in [0.1, 0.15) is 27.2 Å². The van der Waals surface area contributed by atoms with Gasteiger partial charge in [-0.05, 0) is 43.9 Å². The first-order valence-electron chi connectivity index (χ1n) is 4.77. The summed E-state index contributed by atoms with van der Waals surface area (Å²) in [6.07, 6.45) is 5.36. The van der Waals surface area contributed by atoms with Crippen LogP contribution >= 0.6 is 0 Å². The van der Waals surface area contributed by atoms with Gasteiger partial charge in [-0.2, -0.15) is 0 Å². The van der Waals surface area contributed by atoms with Crippen LogP contribution in [0.15, 0.2) is 38.9 Å². The molecule has 0 spiro atoms. The van der Waals surface area contributed by atoms with Crippen LogP contribution in [0.5, 0.6) is 0 Å². The lowest BCUT2D eigenvalue weighted by Crippen LogP contribution is -1.90. The van der Waals surface area contributed by atoms with E-state index in [1.54, 1.807) is 0 Å². The molecule has 2 rings (SSSR count). The minimum atomic E-state index is 0.860. The molecular weight excluding hydrogens is 158 g/mol. The van der Waals surface area contributed by atoms with E-state index in [2.05, 4.69) is 31.8 Å². The minimum Gasteiger partial charge on any atom is -0.288 e. The topological polar surface area (TPSA) is 12.4 Å². The third-order valence-corrected chi connectivity index (χ3v) is 2.91. The van der Waals surface area contributed by atoms with Gasteiger partial charge in [0.2, 0.25) is 0 Å². The van der Waals surface area contributed by atoms with Crippen LogP contribution < -0.4 is 0 Å². The second-order valence-electron chi connectivity index (χ2n) is 3.89. The van der Waals surface area contributed by atoms with E-state index in [-0.39, 0.29) is 0 Å². The molecule has 0 unspecified atom stereocenters. The molecule has 0 aromatic heterocycles. The molecule has 13 heavy (non-hydrogen) atoms. The molecule has 1 heteroatoms. The van der Waals surface area contributed by atoms with E-state index in [1.807, 2.05) is 6.21 Å². The van der Waals surface area contributed by atoms with Crippen LogP contribution in [0.4, 0.5) is 0 Å². The Balaban J connectivity index is 2.42. The standard InChI is InChI=1S/C12H15N/c1-8-6-9(2)12(10(8)3)11-4-5-13-7-11/h4,7H,5-6H2,1-3H3. The van der Waals surface area contributed by atoms with Gasteiger partial charge in [-0.3, -0.25) is 4.99 Å². The first-order chi connectivity index (χ1) is 6.20. The van der Waals surface area contributed by atoms with Crippen LogP contribution in [0.25, 0.3) is 0 Å². The smallest absolute Gasteiger partial charge is 0.0580 e. The Hall–Kier alpha value is -1.11. The number of hydrogen-bond acceptors (Lipinski definition) is 1. The van der Waals surface area contributed by atoms with Gasteiger partial charge in [-0.15, -0.1) is 0 Å². The summed E-state index contributed by atoms with van der Waals surface area (Å²) >= 11 is 0. The summed E-state index contributed by atoms with van der Waals surface area (Å²) in [5, 5.41) is 0. The number of allylic oxidation sites excluding steroid dienone is 5. The summed E-state index contributed by atoms with van der Waals surface area (Å²) in [6, 6.07) is 0. The fourth-order valence-electron chi connectivity index (χ4n) is 2.14. The number of rotatable bonds is 1. The largest absolute Gasteiger partial charge is 0.288 e. The van der Waals surface area contributed by atoms with Crippen molar-refractivity contribution in [3.05, 3.63) is 33.9 Å². The summed E-state index contributed by atoms with van der Waals surface area (Å²) < 4.78 is 0. The van der Waals surface area contributed by atoms with Crippen LogP contribution in [-0.2, 0) is 0 Å². The number of aliphatic imine (C=N–C) groups is 1. The van der Waals surface area contributed by atoms with Crippen molar-refractivity contribution < 1.29 is 0 Å².